The molecule has 0 saturated carbocycles. The van der Waals surface area contributed by atoms with Crippen LogP contribution in [0.15, 0.2) is 60.7 Å². The second kappa shape index (κ2) is 11.4. The lowest BCUT2D eigenvalue weighted by Crippen LogP contribution is -2.57. The number of hydrogen-bond acceptors (Lipinski definition) is 10. The molecule has 2 fully saturated rings. The highest BCUT2D eigenvalue weighted by atomic mass is 16.6. The van der Waals surface area contributed by atoms with Crippen molar-refractivity contribution >= 4 is 35.1 Å². The number of methoxy groups -OCH3 is 3. The van der Waals surface area contributed by atoms with Crippen LogP contribution in [0.1, 0.15) is 33.1 Å². The third kappa shape index (κ3) is 4.71. The van der Waals surface area contributed by atoms with Gasteiger partial charge in [-0.2, -0.15) is 0 Å². The number of fused-ring (bicyclic) bond motifs is 1. The maximum atomic E-state index is 14.3. The number of esters is 1. The Balaban J connectivity index is 1.75. The first kappa shape index (κ1) is 30.2. The van der Waals surface area contributed by atoms with Crippen LogP contribution >= 0.6 is 0 Å². The number of imide groups is 1. The van der Waals surface area contributed by atoms with E-state index in [0.717, 1.165) is 4.90 Å². The third-order valence-electron chi connectivity index (χ3n) is 8.31. The Morgan fingerprint density at radius 1 is 1.02 bits per heavy atom. The molecule has 3 aromatic rings. The van der Waals surface area contributed by atoms with E-state index in [0.29, 0.717) is 16.8 Å². The van der Waals surface area contributed by atoms with Crippen molar-refractivity contribution < 1.29 is 43.4 Å². The monoisotopic (exact) mass is 603 g/mol. The van der Waals surface area contributed by atoms with E-state index < -0.39 is 52.1 Å². The molecule has 2 heterocycles. The summed E-state index contributed by atoms with van der Waals surface area (Å²) in [4.78, 5) is 66.6. The fourth-order valence-corrected chi connectivity index (χ4v) is 6.27. The Morgan fingerprint density at radius 3 is 2.27 bits per heavy atom. The number of nitro benzene ring substituents is 1. The Bertz CT molecular complexity index is 1690. The van der Waals surface area contributed by atoms with Gasteiger partial charge in [-0.05, 0) is 35.7 Å². The summed E-state index contributed by atoms with van der Waals surface area (Å²) >= 11 is 0. The van der Waals surface area contributed by atoms with Gasteiger partial charge in [-0.3, -0.25) is 29.8 Å². The maximum Gasteiger partial charge on any atom is 0.341 e. The number of nitrogens with zero attached hydrogens (tertiary/aromatic N) is 2. The summed E-state index contributed by atoms with van der Waals surface area (Å²) in [6, 6.07) is 13.7. The number of carboxylic acid groups (broad SMARTS) is 1. The predicted octanol–water partition coefficient (Wildman–Crippen LogP) is 3.22. The van der Waals surface area contributed by atoms with Crippen molar-refractivity contribution in [3.05, 3.63) is 93.0 Å². The van der Waals surface area contributed by atoms with Crippen molar-refractivity contribution in [3.63, 3.8) is 0 Å². The number of nitro groups is 1. The molecular formula is C31H29N3O10. The van der Waals surface area contributed by atoms with Crippen molar-refractivity contribution in [1.29, 1.82) is 0 Å². The normalized spacial score (nSPS) is 22.5. The third-order valence-corrected chi connectivity index (χ3v) is 8.31. The number of aliphatic carboxylic acids is 1. The van der Waals surface area contributed by atoms with Gasteiger partial charge in [0.25, 0.3) is 5.69 Å². The van der Waals surface area contributed by atoms with Crippen molar-refractivity contribution in [2.75, 3.05) is 26.2 Å². The summed E-state index contributed by atoms with van der Waals surface area (Å²) in [5.74, 6) is -6.03. The molecule has 44 heavy (non-hydrogen) atoms. The first-order chi connectivity index (χ1) is 21.0. The number of benzene rings is 3. The number of carboxylic acids is 1. The Labute approximate surface area is 251 Å². The fourth-order valence-electron chi connectivity index (χ4n) is 6.27. The van der Waals surface area contributed by atoms with Crippen LogP contribution in [0.3, 0.4) is 0 Å². The zero-order valence-electron chi connectivity index (χ0n) is 24.2. The number of ether oxygens (including phenoxy) is 3. The lowest BCUT2D eigenvalue weighted by Gasteiger charge is -2.32. The minimum absolute atomic E-state index is 0.0558. The molecule has 4 unspecified atom stereocenters. The van der Waals surface area contributed by atoms with Gasteiger partial charge in [-0.15, -0.1) is 0 Å². The van der Waals surface area contributed by atoms with E-state index in [9.17, 15) is 34.4 Å². The average molecular weight is 604 g/mol. The maximum absolute atomic E-state index is 14.3. The smallest absolute Gasteiger partial charge is 0.341 e. The number of amides is 2. The van der Waals surface area contributed by atoms with Gasteiger partial charge in [0.15, 0.2) is 0 Å². The number of rotatable bonds is 9. The van der Waals surface area contributed by atoms with E-state index in [1.165, 1.54) is 57.7 Å². The Morgan fingerprint density at radius 2 is 1.70 bits per heavy atom. The lowest BCUT2D eigenvalue weighted by molar-refractivity contribution is -0.384. The summed E-state index contributed by atoms with van der Waals surface area (Å²) in [5, 5.41) is 25.1. The van der Waals surface area contributed by atoms with Crippen LogP contribution in [0.25, 0.3) is 0 Å². The molecule has 2 N–H and O–H groups in total. The number of para-hydroxylation sites is 1. The van der Waals surface area contributed by atoms with Gasteiger partial charge in [-0.1, -0.05) is 30.3 Å². The zero-order valence-corrected chi connectivity index (χ0v) is 24.2. The molecule has 2 aliphatic heterocycles. The van der Waals surface area contributed by atoms with Crippen molar-refractivity contribution in [3.8, 4) is 11.5 Å². The molecule has 0 radical (unpaired) electrons. The topological polar surface area (TPSA) is 175 Å². The summed E-state index contributed by atoms with van der Waals surface area (Å²) < 4.78 is 15.9. The molecule has 2 saturated heterocycles. The van der Waals surface area contributed by atoms with Gasteiger partial charge >= 0.3 is 11.9 Å². The number of aryl methyl sites for hydroxylation is 1. The van der Waals surface area contributed by atoms with E-state index in [-0.39, 0.29) is 34.7 Å². The van der Waals surface area contributed by atoms with Crippen molar-refractivity contribution in [1.82, 2.24) is 5.32 Å². The highest BCUT2D eigenvalue weighted by Gasteiger charge is 2.69. The minimum Gasteiger partial charge on any atom is -0.497 e. The summed E-state index contributed by atoms with van der Waals surface area (Å²) in [7, 11) is 3.89. The molecule has 2 aliphatic rings. The molecule has 13 nitrogen and oxygen atoms in total. The minimum atomic E-state index is -2.07. The lowest BCUT2D eigenvalue weighted by atomic mass is 9.76. The van der Waals surface area contributed by atoms with Gasteiger partial charge in [0.2, 0.25) is 11.8 Å². The Kier molecular flexibility index (Phi) is 7.83. The van der Waals surface area contributed by atoms with E-state index in [4.69, 9.17) is 14.2 Å². The van der Waals surface area contributed by atoms with Crippen LogP contribution in [0.4, 0.5) is 11.4 Å². The second-order valence-electron chi connectivity index (χ2n) is 10.6. The number of anilines is 1. The Hall–Kier alpha value is -5.30. The second-order valence-corrected chi connectivity index (χ2v) is 10.6. The van der Waals surface area contributed by atoms with Gasteiger partial charge in [0.05, 0.1) is 43.8 Å². The van der Waals surface area contributed by atoms with Crippen LogP contribution < -0.4 is 19.7 Å². The number of non-ortho nitro benzene ring substituents is 1. The molecule has 0 spiro atoms. The number of carbonyl (C=O) groups excluding carboxylic acids is 3. The standard InChI is InChI=1S/C31H29N3O10/c1-16-7-5-6-8-21(16)33-27(35)24-25(28(33)36)31(30(38)39,15-17-9-11-18(12-10-17)34(40)41)32-26(24)20-13-19(42-2)14-22(43-3)23(20)29(37)44-4/h5-14,24-26,32H,15H2,1-4H3,(H,38,39). The highest BCUT2D eigenvalue weighted by Crippen LogP contribution is 2.53. The molecule has 13 heteroatoms. The first-order valence-corrected chi connectivity index (χ1v) is 13.5. The number of nitrogens with one attached hydrogen (secondary N) is 1. The molecule has 3 aromatic carbocycles. The molecule has 0 aromatic heterocycles. The van der Waals surface area contributed by atoms with Crippen molar-refractivity contribution in [2.24, 2.45) is 11.8 Å². The molecule has 0 bridgehead atoms. The molecular weight excluding hydrogens is 574 g/mol. The van der Waals surface area contributed by atoms with Crippen LogP contribution in [0.2, 0.25) is 0 Å². The van der Waals surface area contributed by atoms with Crippen LogP contribution in [-0.2, 0) is 25.5 Å². The summed E-state index contributed by atoms with van der Waals surface area (Å²) in [5.41, 5.74) is -0.900. The van der Waals surface area contributed by atoms with E-state index in [1.54, 1.807) is 31.2 Å². The van der Waals surface area contributed by atoms with E-state index in [2.05, 4.69) is 5.32 Å². The largest absolute Gasteiger partial charge is 0.497 e. The van der Waals surface area contributed by atoms with Gasteiger partial charge in [0, 0.05) is 30.7 Å². The molecule has 0 aliphatic carbocycles. The number of hydrogen-bond donors (Lipinski definition) is 2. The molecule has 4 atom stereocenters. The summed E-state index contributed by atoms with van der Waals surface area (Å²) in [6.45, 7) is 1.73. The van der Waals surface area contributed by atoms with Gasteiger partial charge in [0.1, 0.15) is 22.6 Å². The summed E-state index contributed by atoms with van der Waals surface area (Å²) in [6.07, 6.45) is -0.312. The highest BCUT2D eigenvalue weighted by molar-refractivity contribution is 6.24. The molecule has 5 rings (SSSR count). The SMILES string of the molecule is COC(=O)c1c(OC)cc(OC)cc1C1NC(Cc2ccc([N+](=O)[O-])cc2)(C(=O)O)C2C(=O)N(c3ccccc3C)C(=O)C12. The van der Waals surface area contributed by atoms with E-state index >= 15 is 0 Å². The van der Waals surface area contributed by atoms with Crippen LogP contribution in [0, 0.1) is 28.9 Å². The zero-order chi connectivity index (χ0) is 31.9. The van der Waals surface area contributed by atoms with Gasteiger partial charge < -0.3 is 19.3 Å². The number of carbonyl (C=O) groups is 4. The molecule has 228 valence electrons. The van der Waals surface area contributed by atoms with E-state index in [1.807, 2.05) is 0 Å². The first-order valence-electron chi connectivity index (χ1n) is 13.5. The van der Waals surface area contributed by atoms with Crippen LogP contribution in [-0.4, -0.2) is 60.7 Å². The average Bonchev–Trinajstić information content (AvgIpc) is 3.49. The van der Waals surface area contributed by atoms with Gasteiger partial charge in [-0.25, -0.2) is 9.69 Å². The molecule has 2 amide bonds. The fraction of sp³-hybridized carbons (Fsp3) is 0.290. The van der Waals surface area contributed by atoms with Crippen molar-refractivity contribution in [2.45, 2.75) is 24.9 Å². The predicted molar refractivity (Wildman–Crippen MR) is 155 cm³/mol. The van der Waals surface area contributed by atoms with Crippen LogP contribution in [0.5, 0.6) is 11.5 Å². The quantitative estimate of drug-likeness (QED) is 0.159.